The first-order chi connectivity index (χ1) is 12.9. The van der Waals surface area contributed by atoms with E-state index in [1.54, 1.807) is 34.9 Å². The van der Waals surface area contributed by atoms with Gasteiger partial charge in [0.05, 0.1) is 18.8 Å². The van der Waals surface area contributed by atoms with Crippen molar-refractivity contribution in [1.82, 2.24) is 24.1 Å². The molecule has 0 aliphatic carbocycles. The number of hydrogen-bond donors (Lipinski definition) is 0. The van der Waals surface area contributed by atoms with Crippen molar-refractivity contribution in [3.8, 4) is 0 Å². The van der Waals surface area contributed by atoms with Crippen LogP contribution in [-0.4, -0.2) is 24.1 Å². The van der Waals surface area contributed by atoms with Gasteiger partial charge in [-0.3, -0.25) is 9.25 Å². The van der Waals surface area contributed by atoms with Crippen LogP contribution >= 0.6 is 0 Å². The van der Waals surface area contributed by atoms with E-state index in [0.29, 0.717) is 24.4 Å². The highest BCUT2D eigenvalue weighted by Crippen LogP contribution is 2.30. The normalized spacial score (nSPS) is 14.3. The summed E-state index contributed by atoms with van der Waals surface area (Å²) < 4.78 is 44.0. The lowest BCUT2D eigenvalue weighted by molar-refractivity contribution is -0.144. The molecule has 9 heteroatoms. The largest absolute Gasteiger partial charge is 0.433 e. The smallest absolute Gasteiger partial charge is 0.279 e. The van der Waals surface area contributed by atoms with Crippen molar-refractivity contribution in [1.29, 1.82) is 0 Å². The van der Waals surface area contributed by atoms with E-state index in [1.165, 1.54) is 4.68 Å². The van der Waals surface area contributed by atoms with Crippen LogP contribution in [0.2, 0.25) is 0 Å². The average Bonchev–Trinajstić information content (AvgIpc) is 3.18. The Morgan fingerprint density at radius 1 is 1.00 bits per heavy atom. The molecule has 0 unspecified atom stereocenters. The first kappa shape index (κ1) is 17.6. The summed E-state index contributed by atoms with van der Waals surface area (Å²) in [5, 5.41) is 8.37. The second kappa shape index (κ2) is 6.71. The summed E-state index contributed by atoms with van der Waals surface area (Å²) >= 11 is 0. The first-order valence-electron chi connectivity index (χ1n) is 8.76. The Hall–Kier alpha value is -2.84. The molecule has 2 aromatic heterocycles. The fraction of sp³-hybridized carbons (Fsp3) is 0.389. The number of hydrogen-bond acceptors (Lipinski definition) is 3. The number of alkyl halides is 3. The van der Waals surface area contributed by atoms with Crippen molar-refractivity contribution in [2.24, 2.45) is 0 Å². The Morgan fingerprint density at radius 2 is 1.78 bits per heavy atom. The highest BCUT2D eigenvalue weighted by atomic mass is 19.4. The van der Waals surface area contributed by atoms with Gasteiger partial charge in [0.1, 0.15) is 11.5 Å². The van der Waals surface area contributed by atoms with Gasteiger partial charge in [0, 0.05) is 13.0 Å². The van der Waals surface area contributed by atoms with Gasteiger partial charge in [-0.1, -0.05) is 30.3 Å². The monoisotopic (exact) mass is 377 g/mol. The van der Waals surface area contributed by atoms with Crippen molar-refractivity contribution in [3.05, 3.63) is 69.7 Å². The molecule has 0 fully saturated rings. The molecule has 1 aromatic carbocycles. The number of halogens is 3. The summed E-state index contributed by atoms with van der Waals surface area (Å²) in [6, 6.07) is 9.82. The van der Waals surface area contributed by atoms with E-state index in [1.807, 2.05) is 0 Å². The van der Waals surface area contributed by atoms with Crippen LogP contribution in [0.15, 0.2) is 41.2 Å². The Balaban J connectivity index is 1.66. The lowest BCUT2D eigenvalue weighted by Gasteiger charge is -2.10. The topological polar surface area (TPSA) is 57.6 Å². The molecule has 1 aliphatic rings. The number of benzene rings is 1. The molecule has 0 spiro atoms. The number of nitrogens with zero attached hydrogens (tertiary/aromatic N) is 5. The van der Waals surface area contributed by atoms with Crippen LogP contribution in [0.25, 0.3) is 0 Å². The summed E-state index contributed by atoms with van der Waals surface area (Å²) in [7, 11) is 0. The third-order valence-electron chi connectivity index (χ3n) is 4.64. The summed E-state index contributed by atoms with van der Waals surface area (Å²) in [6.45, 7) is 0.526. The lowest BCUT2D eigenvalue weighted by Crippen LogP contribution is -2.27. The van der Waals surface area contributed by atoms with Crippen LogP contribution in [0.3, 0.4) is 0 Å². The van der Waals surface area contributed by atoms with Crippen molar-refractivity contribution in [3.63, 3.8) is 0 Å². The SMILES string of the molecule is O=c1n(Cc2cc(C(F)(F)F)n(Cc3ccccc3)n2)nc2n1CCCC2. The quantitative estimate of drug-likeness (QED) is 0.703. The van der Waals surface area contributed by atoms with Gasteiger partial charge in [-0.25, -0.2) is 9.48 Å². The van der Waals surface area contributed by atoms with Gasteiger partial charge >= 0.3 is 11.9 Å². The van der Waals surface area contributed by atoms with E-state index < -0.39 is 11.9 Å². The van der Waals surface area contributed by atoms with E-state index in [4.69, 9.17) is 0 Å². The molecule has 3 aromatic rings. The number of aryl methyl sites for hydroxylation is 1. The molecule has 0 N–H and O–H groups in total. The van der Waals surface area contributed by atoms with E-state index in [0.717, 1.165) is 23.6 Å². The second-order valence-corrected chi connectivity index (χ2v) is 6.63. The molecule has 0 atom stereocenters. The zero-order valence-corrected chi connectivity index (χ0v) is 14.5. The number of rotatable bonds is 4. The van der Waals surface area contributed by atoms with Crippen LogP contribution in [-0.2, 0) is 32.2 Å². The fourth-order valence-electron chi connectivity index (χ4n) is 3.36. The molecule has 6 nitrogen and oxygen atoms in total. The third-order valence-corrected chi connectivity index (χ3v) is 4.64. The maximum Gasteiger partial charge on any atom is 0.433 e. The molecule has 0 saturated carbocycles. The Kier molecular flexibility index (Phi) is 4.37. The molecule has 1 aliphatic heterocycles. The lowest BCUT2D eigenvalue weighted by atomic mass is 10.2. The standard InChI is InChI=1S/C18H18F3N5O/c19-18(20,21)15-10-14(22-25(15)11-13-6-2-1-3-7-13)12-26-17(27)24-9-5-4-8-16(24)23-26/h1-3,6-7,10H,4-5,8-9,11-12H2. The molecule has 27 heavy (non-hydrogen) atoms. The van der Waals surface area contributed by atoms with Crippen molar-refractivity contribution < 1.29 is 13.2 Å². The van der Waals surface area contributed by atoms with E-state index in [9.17, 15) is 18.0 Å². The van der Waals surface area contributed by atoms with Gasteiger partial charge in [0.25, 0.3) is 0 Å². The maximum absolute atomic E-state index is 13.4. The Labute approximate surface area is 152 Å². The molecule has 0 radical (unpaired) electrons. The second-order valence-electron chi connectivity index (χ2n) is 6.63. The molecule has 3 heterocycles. The third kappa shape index (κ3) is 3.54. The van der Waals surface area contributed by atoms with Crippen molar-refractivity contribution in [2.45, 2.75) is 45.1 Å². The predicted octanol–water partition coefficient (Wildman–Crippen LogP) is 2.69. The summed E-state index contributed by atoms with van der Waals surface area (Å²) in [5.41, 5.74) is -0.252. The van der Waals surface area contributed by atoms with Crippen LogP contribution in [0.1, 0.15) is 35.6 Å². The minimum atomic E-state index is -4.53. The Morgan fingerprint density at radius 3 is 2.48 bits per heavy atom. The molecular formula is C18H18F3N5O. The van der Waals surface area contributed by atoms with E-state index >= 15 is 0 Å². The minimum absolute atomic E-state index is 0.00424. The van der Waals surface area contributed by atoms with Gasteiger partial charge in [-0.2, -0.15) is 23.4 Å². The number of fused-ring (bicyclic) bond motifs is 1. The molecule has 0 saturated heterocycles. The van der Waals surface area contributed by atoms with Crippen LogP contribution in [0, 0.1) is 0 Å². The molecule has 4 rings (SSSR count). The summed E-state index contributed by atoms with van der Waals surface area (Å²) in [6.07, 6.45) is -1.96. The average molecular weight is 377 g/mol. The van der Waals surface area contributed by atoms with Crippen molar-refractivity contribution in [2.75, 3.05) is 0 Å². The first-order valence-corrected chi connectivity index (χ1v) is 8.76. The number of aromatic nitrogens is 5. The maximum atomic E-state index is 13.4. The Bertz CT molecular complexity index is 1000. The van der Waals surface area contributed by atoms with E-state index in [-0.39, 0.29) is 24.5 Å². The van der Waals surface area contributed by atoms with Crippen LogP contribution in [0.4, 0.5) is 13.2 Å². The highest BCUT2D eigenvalue weighted by molar-refractivity contribution is 5.19. The highest BCUT2D eigenvalue weighted by Gasteiger charge is 2.36. The summed E-state index contributed by atoms with van der Waals surface area (Å²) in [5.74, 6) is 0.686. The van der Waals surface area contributed by atoms with Gasteiger partial charge in [-0.05, 0) is 24.5 Å². The molecule has 142 valence electrons. The molecule has 0 amide bonds. The van der Waals surface area contributed by atoms with Crippen molar-refractivity contribution >= 4 is 0 Å². The van der Waals surface area contributed by atoms with Crippen LogP contribution < -0.4 is 5.69 Å². The van der Waals surface area contributed by atoms with Gasteiger partial charge in [0.2, 0.25) is 0 Å². The molecular weight excluding hydrogens is 359 g/mol. The van der Waals surface area contributed by atoms with E-state index in [2.05, 4.69) is 10.2 Å². The zero-order valence-electron chi connectivity index (χ0n) is 14.5. The molecule has 0 bridgehead atoms. The zero-order chi connectivity index (χ0) is 19.0. The van der Waals surface area contributed by atoms with Gasteiger partial charge in [0.15, 0.2) is 0 Å². The fourth-order valence-corrected chi connectivity index (χ4v) is 3.36. The minimum Gasteiger partial charge on any atom is -0.279 e. The summed E-state index contributed by atoms with van der Waals surface area (Å²) in [4.78, 5) is 12.4. The van der Waals surface area contributed by atoms with Gasteiger partial charge < -0.3 is 0 Å². The predicted molar refractivity (Wildman–Crippen MR) is 91.3 cm³/mol. The van der Waals surface area contributed by atoms with Gasteiger partial charge in [-0.15, -0.1) is 0 Å². The van der Waals surface area contributed by atoms with Crippen LogP contribution in [0.5, 0.6) is 0 Å².